The van der Waals surface area contributed by atoms with Crippen LogP contribution in [0.3, 0.4) is 0 Å². The maximum Gasteiger partial charge on any atom is 0.332 e. The van der Waals surface area contributed by atoms with Gasteiger partial charge in [0.05, 0.1) is 19.9 Å². The van der Waals surface area contributed by atoms with Crippen molar-refractivity contribution in [2.45, 2.75) is 20.3 Å². The van der Waals surface area contributed by atoms with Crippen molar-refractivity contribution in [2.24, 2.45) is 16.8 Å². The maximum absolute atomic E-state index is 10.6. The number of rotatable bonds is 7. The second kappa shape index (κ2) is 8.04. The summed E-state index contributed by atoms with van der Waals surface area (Å²) in [5, 5.41) is 3.74. The van der Waals surface area contributed by atoms with Crippen LogP contribution in [-0.2, 0) is 0 Å². The van der Waals surface area contributed by atoms with Crippen LogP contribution in [0.2, 0.25) is 0 Å². The van der Waals surface area contributed by atoms with Crippen LogP contribution < -0.4 is 20.6 Å². The molecule has 110 valence electrons. The first-order valence-corrected chi connectivity index (χ1v) is 6.43. The predicted molar refractivity (Wildman–Crippen MR) is 78.3 cm³/mol. The van der Waals surface area contributed by atoms with Gasteiger partial charge >= 0.3 is 6.03 Å². The number of ether oxygens (including phenoxy) is 2. The molecule has 6 heteroatoms. The summed E-state index contributed by atoms with van der Waals surface area (Å²) in [4.78, 5) is 10.6. The van der Waals surface area contributed by atoms with Crippen LogP contribution in [0.1, 0.15) is 25.8 Å². The van der Waals surface area contributed by atoms with Crippen molar-refractivity contribution in [1.29, 1.82) is 0 Å². The van der Waals surface area contributed by atoms with E-state index in [2.05, 4.69) is 24.4 Å². The zero-order chi connectivity index (χ0) is 15.0. The predicted octanol–water partition coefficient (Wildman–Crippen LogP) is 2.12. The topological polar surface area (TPSA) is 85.9 Å². The smallest absolute Gasteiger partial charge is 0.332 e. The molecular weight excluding hydrogens is 258 g/mol. The fourth-order valence-corrected chi connectivity index (χ4v) is 1.51. The molecule has 3 N–H and O–H groups in total. The van der Waals surface area contributed by atoms with Crippen LogP contribution in [-0.4, -0.2) is 26.0 Å². The number of nitrogens with zero attached hydrogens (tertiary/aromatic N) is 1. The average molecular weight is 279 g/mol. The Morgan fingerprint density at radius 3 is 2.85 bits per heavy atom. The number of benzene rings is 1. The first-order chi connectivity index (χ1) is 9.54. The van der Waals surface area contributed by atoms with E-state index in [0.29, 0.717) is 29.6 Å². The molecule has 0 saturated heterocycles. The second-order valence-corrected chi connectivity index (χ2v) is 4.64. The molecule has 0 aromatic heterocycles. The Morgan fingerprint density at radius 2 is 2.25 bits per heavy atom. The molecule has 1 rings (SSSR count). The third-order valence-corrected chi connectivity index (χ3v) is 2.55. The lowest BCUT2D eigenvalue weighted by atomic mass is 10.1. The molecule has 1 aromatic carbocycles. The molecule has 0 fully saturated rings. The monoisotopic (exact) mass is 279 g/mol. The number of carbonyl (C=O) groups excluding carboxylic acids is 1. The zero-order valence-corrected chi connectivity index (χ0v) is 12.1. The van der Waals surface area contributed by atoms with Crippen molar-refractivity contribution >= 4 is 12.2 Å². The summed E-state index contributed by atoms with van der Waals surface area (Å²) in [6.07, 6.45) is 2.41. The van der Waals surface area contributed by atoms with E-state index in [4.69, 9.17) is 15.2 Å². The minimum atomic E-state index is -0.716. The standard InChI is InChI=1S/C14H21N3O3/c1-10(2)7-8-20-13-11(9-16-17-14(15)18)5-4-6-12(13)19-3/h4-6,9-10H,7-8H2,1-3H3,(H3,15,17,18). The lowest BCUT2D eigenvalue weighted by Gasteiger charge is -2.13. The third-order valence-electron chi connectivity index (χ3n) is 2.55. The highest BCUT2D eigenvalue weighted by Crippen LogP contribution is 2.30. The number of primary amides is 1. The summed E-state index contributed by atoms with van der Waals surface area (Å²) in [6.45, 7) is 4.84. The van der Waals surface area contributed by atoms with Crippen molar-refractivity contribution in [3.63, 3.8) is 0 Å². The number of carbonyl (C=O) groups is 1. The van der Waals surface area contributed by atoms with Gasteiger partial charge < -0.3 is 15.2 Å². The highest BCUT2D eigenvalue weighted by molar-refractivity contribution is 5.86. The fourth-order valence-electron chi connectivity index (χ4n) is 1.51. The Kier molecular flexibility index (Phi) is 6.36. The molecule has 1 aromatic rings. The number of nitrogens with two attached hydrogens (primary N) is 1. The van der Waals surface area contributed by atoms with Gasteiger partial charge in [-0.3, -0.25) is 0 Å². The quantitative estimate of drug-likeness (QED) is 0.592. The molecule has 0 radical (unpaired) electrons. The molecule has 0 bridgehead atoms. The van der Waals surface area contributed by atoms with Crippen LogP contribution in [0.5, 0.6) is 11.5 Å². The van der Waals surface area contributed by atoms with Crippen molar-refractivity contribution < 1.29 is 14.3 Å². The largest absolute Gasteiger partial charge is 0.493 e. The molecule has 0 saturated carbocycles. The van der Waals surface area contributed by atoms with Crippen LogP contribution in [0.25, 0.3) is 0 Å². The van der Waals surface area contributed by atoms with Gasteiger partial charge in [0.2, 0.25) is 0 Å². The normalized spacial score (nSPS) is 10.8. The van der Waals surface area contributed by atoms with E-state index in [-0.39, 0.29) is 0 Å². The van der Waals surface area contributed by atoms with E-state index in [1.807, 2.05) is 18.2 Å². The first kappa shape index (κ1) is 15.8. The molecule has 0 aliphatic rings. The molecule has 6 nitrogen and oxygen atoms in total. The minimum absolute atomic E-state index is 0.554. The summed E-state index contributed by atoms with van der Waals surface area (Å²) < 4.78 is 11.0. The van der Waals surface area contributed by atoms with Gasteiger partial charge in [0, 0.05) is 5.56 Å². The van der Waals surface area contributed by atoms with E-state index in [1.54, 1.807) is 7.11 Å². The molecule has 0 aliphatic heterocycles. The third kappa shape index (κ3) is 5.17. The lowest BCUT2D eigenvalue weighted by molar-refractivity contribution is 0.249. The van der Waals surface area contributed by atoms with E-state index in [1.165, 1.54) is 6.21 Å². The Hall–Kier alpha value is -2.24. The van der Waals surface area contributed by atoms with Gasteiger partial charge in [0.1, 0.15) is 0 Å². The number of hydrogen-bond donors (Lipinski definition) is 2. The van der Waals surface area contributed by atoms with Crippen molar-refractivity contribution in [1.82, 2.24) is 5.43 Å². The summed E-state index contributed by atoms with van der Waals surface area (Å²) in [6, 6.07) is 4.73. The van der Waals surface area contributed by atoms with Gasteiger partial charge in [-0.25, -0.2) is 10.2 Å². The summed E-state index contributed by atoms with van der Waals surface area (Å²) in [5.74, 6) is 1.78. The van der Waals surface area contributed by atoms with Crippen LogP contribution in [0, 0.1) is 5.92 Å². The van der Waals surface area contributed by atoms with Gasteiger partial charge in [0.15, 0.2) is 11.5 Å². The van der Waals surface area contributed by atoms with E-state index in [9.17, 15) is 4.79 Å². The Morgan fingerprint density at radius 1 is 1.50 bits per heavy atom. The molecule has 2 amide bonds. The van der Waals surface area contributed by atoms with Gasteiger partial charge in [0.25, 0.3) is 0 Å². The highest BCUT2D eigenvalue weighted by atomic mass is 16.5. The molecular formula is C14H21N3O3. The van der Waals surface area contributed by atoms with E-state index < -0.39 is 6.03 Å². The number of nitrogens with one attached hydrogen (secondary N) is 1. The fraction of sp³-hybridized carbons (Fsp3) is 0.429. The number of methoxy groups -OCH3 is 1. The van der Waals surface area contributed by atoms with Crippen LogP contribution in [0.15, 0.2) is 23.3 Å². The average Bonchev–Trinajstić information content (AvgIpc) is 2.39. The molecule has 0 aliphatic carbocycles. The van der Waals surface area contributed by atoms with Crippen molar-refractivity contribution in [2.75, 3.05) is 13.7 Å². The lowest BCUT2D eigenvalue weighted by Crippen LogP contribution is -2.24. The minimum Gasteiger partial charge on any atom is -0.493 e. The van der Waals surface area contributed by atoms with Gasteiger partial charge in [-0.1, -0.05) is 19.9 Å². The Labute approximate surface area is 118 Å². The number of amides is 2. The summed E-state index contributed by atoms with van der Waals surface area (Å²) in [7, 11) is 1.58. The van der Waals surface area contributed by atoms with Gasteiger partial charge in [-0.15, -0.1) is 0 Å². The molecule has 0 unspecified atom stereocenters. The summed E-state index contributed by atoms with van der Waals surface area (Å²) >= 11 is 0. The van der Waals surface area contributed by atoms with Crippen molar-refractivity contribution in [3.05, 3.63) is 23.8 Å². The maximum atomic E-state index is 10.6. The molecule has 0 spiro atoms. The Balaban J connectivity index is 2.86. The zero-order valence-electron chi connectivity index (χ0n) is 12.1. The SMILES string of the molecule is COc1cccc(C=NNC(N)=O)c1OCCC(C)C. The second-order valence-electron chi connectivity index (χ2n) is 4.64. The summed E-state index contributed by atoms with van der Waals surface area (Å²) in [5.41, 5.74) is 7.80. The van der Waals surface area contributed by atoms with E-state index >= 15 is 0 Å². The molecule has 0 atom stereocenters. The number of hydrazone groups is 1. The van der Waals surface area contributed by atoms with Gasteiger partial charge in [-0.05, 0) is 24.5 Å². The van der Waals surface area contributed by atoms with E-state index in [0.717, 1.165) is 6.42 Å². The Bertz CT molecular complexity index is 473. The van der Waals surface area contributed by atoms with Crippen molar-refractivity contribution in [3.8, 4) is 11.5 Å². The van der Waals surface area contributed by atoms with Crippen LogP contribution >= 0.6 is 0 Å². The number of hydrogen-bond acceptors (Lipinski definition) is 4. The molecule has 20 heavy (non-hydrogen) atoms. The molecule has 0 heterocycles. The number of urea groups is 1. The highest BCUT2D eigenvalue weighted by Gasteiger charge is 2.09. The van der Waals surface area contributed by atoms with Gasteiger partial charge in [-0.2, -0.15) is 5.10 Å². The number of para-hydroxylation sites is 1. The first-order valence-electron chi connectivity index (χ1n) is 6.43. The van der Waals surface area contributed by atoms with Crippen LogP contribution in [0.4, 0.5) is 4.79 Å².